The van der Waals surface area contributed by atoms with Crippen molar-refractivity contribution in [2.24, 2.45) is 0 Å². The molecule has 4 heteroatoms. The van der Waals surface area contributed by atoms with Gasteiger partial charge in [-0.3, -0.25) is 4.79 Å². The molecule has 1 amide bonds. The number of aliphatic hydroxyl groups is 2. The SMILES string of the molecule is CCCCCCCCCCCCCC/C=C\CCCCCCCCCCCC(=O)NC(CO)C(O)CCCCCCCCCCCCCCCCCCCCCCC. The largest absolute Gasteiger partial charge is 0.394 e. The Bertz CT molecular complexity index is 799. The summed E-state index contributed by atoms with van der Waals surface area (Å²) >= 11 is 0. The van der Waals surface area contributed by atoms with E-state index in [-0.39, 0.29) is 12.5 Å². The van der Waals surface area contributed by atoms with Crippen LogP contribution in [0.3, 0.4) is 0 Å². The number of amides is 1. The Balaban J connectivity index is 3.44. The first kappa shape index (κ1) is 57.1. The van der Waals surface area contributed by atoms with Crippen LogP contribution in [0.1, 0.15) is 309 Å². The molecule has 0 aromatic rings. The number of carbonyl (C=O) groups is 1. The van der Waals surface area contributed by atoms with E-state index in [4.69, 9.17) is 0 Å². The predicted molar refractivity (Wildman–Crippen MR) is 258 cm³/mol. The van der Waals surface area contributed by atoms with Crippen molar-refractivity contribution >= 4 is 5.91 Å². The molecule has 0 saturated carbocycles. The summed E-state index contributed by atoms with van der Waals surface area (Å²) in [4.78, 5) is 12.5. The molecule has 0 aliphatic heterocycles. The summed E-state index contributed by atoms with van der Waals surface area (Å²) in [5.74, 6) is -0.0277. The molecule has 2 atom stereocenters. The first-order chi connectivity index (χ1) is 28.7. The lowest BCUT2D eigenvalue weighted by atomic mass is 10.0. The highest BCUT2D eigenvalue weighted by Gasteiger charge is 2.20. The number of hydrogen-bond acceptors (Lipinski definition) is 3. The van der Waals surface area contributed by atoms with Gasteiger partial charge in [0.25, 0.3) is 0 Å². The monoisotopic (exact) mass is 818 g/mol. The molecule has 2 unspecified atom stereocenters. The standard InChI is InChI=1S/C54H107NO3/c1-3-5-7-9-11-13-15-17-19-21-23-25-26-27-28-30-32-34-36-38-40-42-44-46-48-50-54(58)55-52(51-56)53(57)49-47-45-43-41-39-37-35-33-31-29-24-22-20-18-16-14-12-10-8-6-4-2/h27-28,52-53,56-57H,3-26,29-51H2,1-2H3,(H,55,58)/b28-27-. The first-order valence-corrected chi connectivity index (χ1v) is 26.9. The summed E-state index contributed by atoms with van der Waals surface area (Å²) in [6.45, 7) is 4.40. The van der Waals surface area contributed by atoms with Gasteiger partial charge in [-0.25, -0.2) is 0 Å². The van der Waals surface area contributed by atoms with Crippen molar-refractivity contribution in [3.05, 3.63) is 12.2 Å². The summed E-state index contributed by atoms with van der Waals surface area (Å²) < 4.78 is 0. The molecular formula is C54H107NO3. The number of unbranched alkanes of at least 4 members (excludes halogenated alkanes) is 41. The van der Waals surface area contributed by atoms with Gasteiger partial charge in [-0.1, -0.05) is 276 Å². The van der Waals surface area contributed by atoms with Gasteiger partial charge in [-0.15, -0.1) is 0 Å². The summed E-state index contributed by atoms with van der Waals surface area (Å²) in [6.07, 6.45) is 64.7. The number of hydrogen-bond donors (Lipinski definition) is 3. The van der Waals surface area contributed by atoms with Gasteiger partial charge in [-0.2, -0.15) is 0 Å². The van der Waals surface area contributed by atoms with Gasteiger partial charge in [-0.05, 0) is 38.5 Å². The molecule has 0 rings (SSSR count). The van der Waals surface area contributed by atoms with E-state index in [2.05, 4.69) is 31.3 Å². The molecule has 58 heavy (non-hydrogen) atoms. The number of carbonyl (C=O) groups excluding carboxylic acids is 1. The zero-order chi connectivity index (χ0) is 42.1. The van der Waals surface area contributed by atoms with Gasteiger partial charge in [0.05, 0.1) is 18.8 Å². The predicted octanol–water partition coefficient (Wildman–Crippen LogP) is 17.4. The summed E-state index contributed by atoms with van der Waals surface area (Å²) in [7, 11) is 0. The van der Waals surface area contributed by atoms with Crippen LogP contribution < -0.4 is 5.32 Å². The quantitative estimate of drug-likeness (QED) is 0.0423. The van der Waals surface area contributed by atoms with Crippen LogP contribution in [0.4, 0.5) is 0 Å². The second-order valence-corrected chi connectivity index (χ2v) is 18.7. The van der Waals surface area contributed by atoms with Gasteiger partial charge in [0, 0.05) is 6.42 Å². The second-order valence-electron chi connectivity index (χ2n) is 18.7. The Morgan fingerprint density at radius 3 is 0.948 bits per heavy atom. The zero-order valence-corrected chi connectivity index (χ0v) is 39.8. The first-order valence-electron chi connectivity index (χ1n) is 26.9. The molecule has 0 aromatic heterocycles. The Hall–Kier alpha value is -0.870. The smallest absolute Gasteiger partial charge is 0.220 e. The van der Waals surface area contributed by atoms with Crippen molar-refractivity contribution in [2.45, 2.75) is 321 Å². The number of allylic oxidation sites excluding steroid dienone is 2. The average molecular weight is 818 g/mol. The summed E-state index contributed by atoms with van der Waals surface area (Å²) in [5.41, 5.74) is 0. The molecule has 0 bridgehead atoms. The Labute approximate surface area is 365 Å². The highest BCUT2D eigenvalue weighted by molar-refractivity contribution is 5.76. The normalized spacial score (nSPS) is 12.8. The molecule has 3 N–H and O–H groups in total. The van der Waals surface area contributed by atoms with Crippen molar-refractivity contribution in [1.29, 1.82) is 0 Å². The average Bonchev–Trinajstić information content (AvgIpc) is 3.23. The maximum Gasteiger partial charge on any atom is 0.220 e. The van der Waals surface area contributed by atoms with Crippen molar-refractivity contribution < 1.29 is 15.0 Å². The molecular weight excluding hydrogens is 711 g/mol. The molecule has 4 nitrogen and oxygen atoms in total. The van der Waals surface area contributed by atoms with E-state index in [1.54, 1.807) is 0 Å². The van der Waals surface area contributed by atoms with E-state index in [1.807, 2.05) is 0 Å². The van der Waals surface area contributed by atoms with Gasteiger partial charge < -0.3 is 15.5 Å². The highest BCUT2D eigenvalue weighted by atomic mass is 16.3. The van der Waals surface area contributed by atoms with Crippen LogP contribution in [0.25, 0.3) is 0 Å². The van der Waals surface area contributed by atoms with Crippen LogP contribution in [0.15, 0.2) is 12.2 Å². The third kappa shape index (κ3) is 46.2. The van der Waals surface area contributed by atoms with Gasteiger partial charge in [0.15, 0.2) is 0 Å². The minimum absolute atomic E-state index is 0.0277. The molecule has 0 aromatic carbocycles. The van der Waals surface area contributed by atoms with Crippen LogP contribution in [0, 0.1) is 0 Å². The van der Waals surface area contributed by atoms with Crippen molar-refractivity contribution in [3.63, 3.8) is 0 Å². The molecule has 346 valence electrons. The molecule has 0 aliphatic carbocycles. The number of aliphatic hydroxyl groups excluding tert-OH is 2. The van der Waals surface area contributed by atoms with Crippen molar-refractivity contribution in [1.82, 2.24) is 5.32 Å². The highest BCUT2D eigenvalue weighted by Crippen LogP contribution is 2.17. The minimum Gasteiger partial charge on any atom is -0.394 e. The van der Waals surface area contributed by atoms with Crippen LogP contribution in [-0.2, 0) is 4.79 Å². The van der Waals surface area contributed by atoms with Gasteiger partial charge in [0.1, 0.15) is 0 Å². The third-order valence-corrected chi connectivity index (χ3v) is 12.8. The van der Waals surface area contributed by atoms with Gasteiger partial charge in [0.2, 0.25) is 5.91 Å². The molecule has 0 radical (unpaired) electrons. The lowest BCUT2D eigenvalue weighted by Crippen LogP contribution is -2.45. The Morgan fingerprint density at radius 2 is 0.655 bits per heavy atom. The zero-order valence-electron chi connectivity index (χ0n) is 39.8. The second kappa shape index (κ2) is 50.5. The minimum atomic E-state index is -0.658. The van der Waals surface area contributed by atoms with Gasteiger partial charge >= 0.3 is 0 Å². The van der Waals surface area contributed by atoms with Crippen molar-refractivity contribution in [3.8, 4) is 0 Å². The molecule has 0 aliphatic rings. The van der Waals surface area contributed by atoms with E-state index in [0.717, 1.165) is 25.7 Å². The van der Waals surface area contributed by atoms with E-state index in [9.17, 15) is 15.0 Å². The van der Waals surface area contributed by atoms with E-state index in [1.165, 1.54) is 257 Å². The lowest BCUT2D eigenvalue weighted by molar-refractivity contribution is -0.123. The Kier molecular flexibility index (Phi) is 49.7. The fourth-order valence-corrected chi connectivity index (χ4v) is 8.65. The summed E-state index contributed by atoms with van der Waals surface area (Å²) in [5, 5.41) is 23.3. The molecule has 0 saturated heterocycles. The molecule has 0 spiro atoms. The van der Waals surface area contributed by atoms with E-state index in [0.29, 0.717) is 12.8 Å². The van der Waals surface area contributed by atoms with Crippen LogP contribution in [0.2, 0.25) is 0 Å². The maximum absolute atomic E-state index is 12.5. The van der Waals surface area contributed by atoms with Crippen LogP contribution in [0.5, 0.6) is 0 Å². The lowest BCUT2D eigenvalue weighted by Gasteiger charge is -2.22. The Morgan fingerprint density at radius 1 is 0.397 bits per heavy atom. The maximum atomic E-state index is 12.5. The van der Waals surface area contributed by atoms with Crippen molar-refractivity contribution in [2.75, 3.05) is 6.61 Å². The third-order valence-electron chi connectivity index (χ3n) is 12.8. The van der Waals surface area contributed by atoms with E-state index >= 15 is 0 Å². The molecule has 0 fully saturated rings. The van der Waals surface area contributed by atoms with Crippen LogP contribution in [-0.4, -0.2) is 34.9 Å². The van der Waals surface area contributed by atoms with Crippen LogP contribution >= 0.6 is 0 Å². The summed E-state index contributed by atoms with van der Waals surface area (Å²) in [6, 6.07) is -0.535. The number of nitrogens with one attached hydrogen (secondary N) is 1. The van der Waals surface area contributed by atoms with E-state index < -0.39 is 12.1 Å². The molecule has 0 heterocycles. The number of rotatable bonds is 50. The topological polar surface area (TPSA) is 69.6 Å². The fraction of sp³-hybridized carbons (Fsp3) is 0.944. The fourth-order valence-electron chi connectivity index (χ4n) is 8.65.